The zero-order chi connectivity index (χ0) is 22.7. The number of fused-ring (bicyclic) bond motifs is 7. The zero-order valence-electron chi connectivity index (χ0n) is 18.6. The van der Waals surface area contributed by atoms with E-state index in [0.29, 0.717) is 31.0 Å². The summed E-state index contributed by atoms with van der Waals surface area (Å²) < 4.78 is 13.5. The number of pyridine rings is 1. The molecule has 2 bridgehead atoms. The van der Waals surface area contributed by atoms with E-state index in [1.54, 1.807) is 12.1 Å². The highest BCUT2D eigenvalue weighted by Gasteiger charge is 2.36. The zero-order valence-corrected chi connectivity index (χ0v) is 18.6. The van der Waals surface area contributed by atoms with Crippen molar-refractivity contribution in [1.82, 2.24) is 9.47 Å². The van der Waals surface area contributed by atoms with Crippen LogP contribution >= 0.6 is 0 Å². The summed E-state index contributed by atoms with van der Waals surface area (Å²) >= 11 is 0. The maximum Gasteiger partial charge on any atom is 0.339 e. The van der Waals surface area contributed by atoms with Gasteiger partial charge in [0.2, 0.25) is 0 Å². The quantitative estimate of drug-likeness (QED) is 0.578. The van der Waals surface area contributed by atoms with Crippen molar-refractivity contribution in [2.75, 3.05) is 19.7 Å². The van der Waals surface area contributed by atoms with E-state index < -0.39 is 0 Å². The first-order chi connectivity index (χ1) is 16.0. The fourth-order valence-corrected chi connectivity index (χ4v) is 5.95. The average Bonchev–Trinajstić information content (AvgIpc) is 3.28. The van der Waals surface area contributed by atoms with E-state index in [2.05, 4.69) is 0 Å². The third kappa shape index (κ3) is 3.37. The Morgan fingerprint density at radius 1 is 1.12 bits per heavy atom. The van der Waals surface area contributed by atoms with E-state index in [0.717, 1.165) is 53.5 Å². The molecule has 3 aromatic rings. The number of ether oxygens (including phenoxy) is 1. The van der Waals surface area contributed by atoms with Crippen LogP contribution in [0, 0.1) is 12.8 Å². The minimum Gasteiger partial charge on any atom is -0.483 e. The molecule has 1 amide bonds. The maximum atomic E-state index is 13.1. The van der Waals surface area contributed by atoms with E-state index in [4.69, 9.17) is 9.15 Å². The SMILES string of the molecule is Cc1cc(OCC(=O)N2C[C@@H]3C[C@@H](C2)c2cccc(=O)n2C3)c2c3c(c(=O)oc2c1)CCC3. The molecule has 1 aliphatic carbocycles. The number of benzene rings is 1. The molecular weight excluding hydrogens is 420 g/mol. The van der Waals surface area contributed by atoms with Crippen LogP contribution in [0.2, 0.25) is 0 Å². The number of aromatic nitrogens is 1. The summed E-state index contributed by atoms with van der Waals surface area (Å²) in [6.07, 6.45) is 3.47. The number of amides is 1. The second kappa shape index (κ2) is 7.61. The summed E-state index contributed by atoms with van der Waals surface area (Å²) in [4.78, 5) is 39.6. The van der Waals surface area contributed by atoms with Gasteiger partial charge in [0.1, 0.15) is 11.3 Å². The number of carbonyl (C=O) groups excluding carboxylic acids is 1. The molecule has 6 rings (SSSR count). The number of hydrogen-bond donors (Lipinski definition) is 0. The molecule has 0 saturated carbocycles. The lowest BCUT2D eigenvalue weighted by Crippen LogP contribution is -2.50. The summed E-state index contributed by atoms with van der Waals surface area (Å²) in [6, 6.07) is 9.18. The van der Waals surface area contributed by atoms with Gasteiger partial charge in [-0.05, 0) is 67.9 Å². The van der Waals surface area contributed by atoms with Crippen LogP contribution in [0.4, 0.5) is 0 Å². The van der Waals surface area contributed by atoms with E-state index in [1.165, 1.54) is 0 Å². The molecule has 2 aliphatic heterocycles. The Hall–Kier alpha value is -3.35. The number of rotatable bonds is 3. The Labute approximate surface area is 190 Å². The molecule has 4 heterocycles. The minimum absolute atomic E-state index is 0.0378. The van der Waals surface area contributed by atoms with Gasteiger partial charge in [-0.25, -0.2) is 4.79 Å². The highest BCUT2D eigenvalue weighted by atomic mass is 16.5. The molecule has 170 valence electrons. The third-order valence-corrected chi connectivity index (χ3v) is 7.36. The number of aryl methyl sites for hydroxylation is 2. The molecule has 0 unspecified atom stereocenters. The van der Waals surface area contributed by atoms with Crippen molar-refractivity contribution < 1.29 is 13.9 Å². The van der Waals surface area contributed by atoms with Gasteiger partial charge in [0.05, 0.1) is 5.39 Å². The van der Waals surface area contributed by atoms with Crippen LogP contribution in [0.1, 0.15) is 41.1 Å². The Morgan fingerprint density at radius 2 is 1.97 bits per heavy atom. The minimum atomic E-state index is -0.262. The van der Waals surface area contributed by atoms with Gasteiger partial charge in [-0.2, -0.15) is 0 Å². The topological polar surface area (TPSA) is 81.8 Å². The average molecular weight is 447 g/mol. The van der Waals surface area contributed by atoms with Crippen LogP contribution in [-0.4, -0.2) is 35.1 Å². The van der Waals surface area contributed by atoms with Crippen LogP contribution < -0.4 is 15.9 Å². The van der Waals surface area contributed by atoms with Gasteiger partial charge in [0.25, 0.3) is 11.5 Å². The Bertz CT molecular complexity index is 1400. The van der Waals surface area contributed by atoms with Crippen molar-refractivity contribution in [2.45, 2.75) is 45.1 Å². The molecule has 33 heavy (non-hydrogen) atoms. The summed E-state index contributed by atoms with van der Waals surface area (Å²) in [5.74, 6) is 1.000. The second-order valence-corrected chi connectivity index (χ2v) is 9.62. The number of carbonyl (C=O) groups is 1. The van der Waals surface area contributed by atoms with Gasteiger partial charge in [-0.3, -0.25) is 9.59 Å². The highest BCUT2D eigenvalue weighted by Crippen LogP contribution is 2.36. The molecule has 2 aromatic heterocycles. The summed E-state index contributed by atoms with van der Waals surface area (Å²) in [6.45, 7) is 3.75. The molecular formula is C26H26N2O5. The fraction of sp³-hybridized carbons (Fsp3) is 0.423. The molecule has 1 aromatic carbocycles. The second-order valence-electron chi connectivity index (χ2n) is 9.62. The molecule has 0 N–H and O–H groups in total. The van der Waals surface area contributed by atoms with E-state index >= 15 is 0 Å². The lowest BCUT2D eigenvalue weighted by molar-refractivity contribution is -0.136. The normalized spacial score (nSPS) is 21.1. The highest BCUT2D eigenvalue weighted by molar-refractivity contribution is 5.89. The van der Waals surface area contributed by atoms with Crippen molar-refractivity contribution in [2.24, 2.45) is 5.92 Å². The first kappa shape index (κ1) is 20.3. The maximum absolute atomic E-state index is 13.1. The summed E-state index contributed by atoms with van der Waals surface area (Å²) in [5, 5.41) is 0.823. The van der Waals surface area contributed by atoms with Crippen molar-refractivity contribution >= 4 is 16.9 Å². The molecule has 3 aliphatic rings. The largest absolute Gasteiger partial charge is 0.483 e. The van der Waals surface area contributed by atoms with Gasteiger partial charge in [0, 0.05) is 42.9 Å². The Morgan fingerprint density at radius 3 is 2.85 bits per heavy atom. The first-order valence-electron chi connectivity index (χ1n) is 11.7. The number of piperidine rings is 1. The predicted octanol–water partition coefficient (Wildman–Crippen LogP) is 2.78. The van der Waals surface area contributed by atoms with Crippen LogP contribution in [0.3, 0.4) is 0 Å². The van der Waals surface area contributed by atoms with Crippen LogP contribution in [0.5, 0.6) is 5.75 Å². The van der Waals surface area contributed by atoms with Crippen molar-refractivity contribution in [3.05, 3.63) is 73.5 Å². The van der Waals surface area contributed by atoms with Crippen LogP contribution in [0.25, 0.3) is 11.0 Å². The molecule has 1 saturated heterocycles. The lowest BCUT2D eigenvalue weighted by atomic mass is 9.83. The van der Waals surface area contributed by atoms with E-state index in [-0.39, 0.29) is 35.5 Å². The summed E-state index contributed by atoms with van der Waals surface area (Å²) in [5.41, 5.74) is 3.97. The van der Waals surface area contributed by atoms with Crippen molar-refractivity contribution in [1.29, 1.82) is 0 Å². The van der Waals surface area contributed by atoms with Gasteiger partial charge >= 0.3 is 5.63 Å². The van der Waals surface area contributed by atoms with Gasteiger partial charge in [-0.1, -0.05) is 6.07 Å². The predicted molar refractivity (Wildman–Crippen MR) is 123 cm³/mol. The number of nitrogens with zero attached hydrogens (tertiary/aromatic N) is 2. The van der Waals surface area contributed by atoms with Gasteiger partial charge in [-0.15, -0.1) is 0 Å². The third-order valence-electron chi connectivity index (χ3n) is 7.36. The van der Waals surface area contributed by atoms with Crippen LogP contribution in [0.15, 0.2) is 44.3 Å². The fourth-order valence-electron chi connectivity index (χ4n) is 5.95. The Kier molecular flexibility index (Phi) is 4.67. The van der Waals surface area contributed by atoms with Crippen LogP contribution in [-0.2, 0) is 24.2 Å². The Balaban J connectivity index is 1.25. The molecule has 2 atom stereocenters. The first-order valence-corrected chi connectivity index (χ1v) is 11.7. The van der Waals surface area contributed by atoms with Gasteiger partial charge in [0.15, 0.2) is 6.61 Å². The molecule has 7 nitrogen and oxygen atoms in total. The number of likely N-dealkylation sites (tertiary alicyclic amines) is 1. The van der Waals surface area contributed by atoms with Crippen molar-refractivity contribution in [3.8, 4) is 5.75 Å². The van der Waals surface area contributed by atoms with E-state index in [1.807, 2.05) is 34.6 Å². The summed E-state index contributed by atoms with van der Waals surface area (Å²) in [7, 11) is 0. The molecule has 1 fully saturated rings. The smallest absolute Gasteiger partial charge is 0.339 e. The number of hydrogen-bond acceptors (Lipinski definition) is 5. The molecule has 7 heteroatoms. The standard InChI is InChI=1S/C26H26N2O5/c1-15-8-21(25-18-4-2-5-19(18)26(31)33-22(25)9-15)32-14-24(30)27-11-16-10-17(13-27)20-6-3-7-23(29)28(20)12-16/h3,6-9,16-17H,2,4-5,10-14H2,1H3/t16-,17-/m0/s1. The molecule has 0 spiro atoms. The monoisotopic (exact) mass is 446 g/mol. The van der Waals surface area contributed by atoms with Crippen molar-refractivity contribution in [3.63, 3.8) is 0 Å². The molecule has 0 radical (unpaired) electrons. The van der Waals surface area contributed by atoms with E-state index in [9.17, 15) is 14.4 Å². The van der Waals surface area contributed by atoms with Gasteiger partial charge < -0.3 is 18.6 Å². The lowest BCUT2D eigenvalue weighted by Gasteiger charge is -2.42.